The average molecular weight is 339 g/mol. The number of anilines is 1. The first-order chi connectivity index (χ1) is 12.3. The number of nitrogens with zero attached hydrogens (tertiary/aromatic N) is 4. The molecule has 0 aliphatic carbocycles. The van der Waals surface area contributed by atoms with Crippen LogP contribution in [0.3, 0.4) is 0 Å². The minimum Gasteiger partial charge on any atom is -0.381 e. The van der Waals surface area contributed by atoms with Gasteiger partial charge in [0.2, 0.25) is 5.91 Å². The zero-order chi connectivity index (χ0) is 17.1. The van der Waals surface area contributed by atoms with Crippen LogP contribution in [0.15, 0.2) is 43.0 Å². The van der Waals surface area contributed by atoms with Gasteiger partial charge in [0, 0.05) is 26.0 Å². The molecule has 1 saturated heterocycles. The lowest BCUT2D eigenvalue weighted by molar-refractivity contribution is -0.116. The summed E-state index contributed by atoms with van der Waals surface area (Å²) in [7, 11) is 0. The molecule has 1 N–H and O–H groups in total. The third-order valence-electron chi connectivity index (χ3n) is 4.54. The van der Waals surface area contributed by atoms with Gasteiger partial charge in [-0.3, -0.25) is 9.48 Å². The Bertz CT molecular complexity index is 863. The normalized spacial score (nSPS) is 15.5. The Balaban J connectivity index is 1.36. The molecule has 0 unspecified atom stereocenters. The van der Waals surface area contributed by atoms with Crippen LogP contribution in [-0.2, 0) is 22.6 Å². The lowest BCUT2D eigenvalue weighted by atomic mass is 10.0. The van der Waals surface area contributed by atoms with E-state index >= 15 is 0 Å². The SMILES string of the molecule is O=C(Cn1cnc2ccccc21)Nc1cnn(CC2CCOCC2)c1. The van der Waals surface area contributed by atoms with E-state index in [1.807, 2.05) is 39.7 Å². The van der Waals surface area contributed by atoms with Crippen molar-refractivity contribution < 1.29 is 9.53 Å². The molecule has 7 nitrogen and oxygen atoms in total. The molecule has 3 heterocycles. The van der Waals surface area contributed by atoms with Crippen LogP contribution in [0.1, 0.15) is 12.8 Å². The number of carbonyl (C=O) groups excluding carboxylic acids is 1. The number of fused-ring (bicyclic) bond motifs is 1. The molecule has 3 aromatic rings. The van der Waals surface area contributed by atoms with E-state index in [0.717, 1.165) is 49.3 Å². The first-order valence-corrected chi connectivity index (χ1v) is 8.58. The second kappa shape index (κ2) is 7.06. The van der Waals surface area contributed by atoms with E-state index in [1.54, 1.807) is 12.5 Å². The summed E-state index contributed by atoms with van der Waals surface area (Å²) < 4.78 is 9.13. The molecule has 0 radical (unpaired) electrons. The Kier molecular flexibility index (Phi) is 4.47. The van der Waals surface area contributed by atoms with E-state index in [2.05, 4.69) is 15.4 Å². The zero-order valence-electron chi connectivity index (χ0n) is 14.0. The van der Waals surface area contributed by atoms with Crippen LogP contribution in [0.25, 0.3) is 11.0 Å². The van der Waals surface area contributed by atoms with Crippen molar-refractivity contribution in [3.05, 3.63) is 43.0 Å². The highest BCUT2D eigenvalue weighted by Gasteiger charge is 2.15. The van der Waals surface area contributed by atoms with Gasteiger partial charge in [0.1, 0.15) is 6.54 Å². The number of aromatic nitrogens is 4. The van der Waals surface area contributed by atoms with Gasteiger partial charge in [-0.05, 0) is 30.9 Å². The third-order valence-corrected chi connectivity index (χ3v) is 4.54. The fraction of sp³-hybridized carbons (Fsp3) is 0.389. The lowest BCUT2D eigenvalue weighted by Gasteiger charge is -2.21. The van der Waals surface area contributed by atoms with E-state index < -0.39 is 0 Å². The van der Waals surface area contributed by atoms with Crippen LogP contribution >= 0.6 is 0 Å². The van der Waals surface area contributed by atoms with Crippen molar-refractivity contribution in [2.75, 3.05) is 18.5 Å². The Morgan fingerprint density at radius 1 is 1.28 bits per heavy atom. The topological polar surface area (TPSA) is 74.0 Å². The van der Waals surface area contributed by atoms with Crippen molar-refractivity contribution in [1.29, 1.82) is 0 Å². The van der Waals surface area contributed by atoms with E-state index in [0.29, 0.717) is 5.92 Å². The summed E-state index contributed by atoms with van der Waals surface area (Å²) >= 11 is 0. The van der Waals surface area contributed by atoms with Gasteiger partial charge in [-0.25, -0.2) is 4.98 Å². The molecule has 1 fully saturated rings. The number of imidazole rings is 1. The number of hydrogen-bond donors (Lipinski definition) is 1. The Morgan fingerprint density at radius 2 is 2.12 bits per heavy atom. The minimum absolute atomic E-state index is 0.0891. The largest absolute Gasteiger partial charge is 0.381 e. The molecule has 25 heavy (non-hydrogen) atoms. The number of ether oxygens (including phenoxy) is 1. The van der Waals surface area contributed by atoms with Crippen LogP contribution in [0.4, 0.5) is 5.69 Å². The number of hydrogen-bond acceptors (Lipinski definition) is 4. The van der Waals surface area contributed by atoms with Gasteiger partial charge in [-0.1, -0.05) is 12.1 Å². The molecule has 0 bridgehead atoms. The molecule has 1 aliphatic heterocycles. The Labute approximate surface area is 145 Å². The molecule has 1 amide bonds. The van der Waals surface area contributed by atoms with Gasteiger partial charge < -0.3 is 14.6 Å². The van der Waals surface area contributed by atoms with Crippen molar-refractivity contribution >= 4 is 22.6 Å². The summed E-state index contributed by atoms with van der Waals surface area (Å²) in [4.78, 5) is 16.6. The van der Waals surface area contributed by atoms with Gasteiger partial charge in [-0.15, -0.1) is 0 Å². The summed E-state index contributed by atoms with van der Waals surface area (Å²) in [5.74, 6) is 0.503. The van der Waals surface area contributed by atoms with E-state index in [9.17, 15) is 4.79 Å². The van der Waals surface area contributed by atoms with E-state index in [4.69, 9.17) is 4.74 Å². The summed E-state index contributed by atoms with van der Waals surface area (Å²) in [5, 5.41) is 7.26. The van der Waals surface area contributed by atoms with Gasteiger partial charge in [0.25, 0.3) is 0 Å². The monoisotopic (exact) mass is 339 g/mol. The molecule has 2 aromatic heterocycles. The molecule has 130 valence electrons. The molecule has 0 atom stereocenters. The van der Waals surface area contributed by atoms with Gasteiger partial charge in [-0.2, -0.15) is 5.10 Å². The molecule has 0 spiro atoms. The van der Waals surface area contributed by atoms with Crippen molar-refractivity contribution in [1.82, 2.24) is 19.3 Å². The molecule has 0 saturated carbocycles. The van der Waals surface area contributed by atoms with Crippen molar-refractivity contribution in [3.63, 3.8) is 0 Å². The highest BCUT2D eigenvalue weighted by Crippen LogP contribution is 2.18. The van der Waals surface area contributed by atoms with Crippen molar-refractivity contribution in [3.8, 4) is 0 Å². The van der Waals surface area contributed by atoms with Crippen molar-refractivity contribution in [2.45, 2.75) is 25.9 Å². The van der Waals surface area contributed by atoms with E-state index in [1.165, 1.54) is 0 Å². The first-order valence-electron chi connectivity index (χ1n) is 8.58. The molecular weight excluding hydrogens is 318 g/mol. The van der Waals surface area contributed by atoms with Crippen molar-refractivity contribution in [2.24, 2.45) is 5.92 Å². The number of nitrogens with one attached hydrogen (secondary N) is 1. The summed E-state index contributed by atoms with van der Waals surface area (Å²) in [6.07, 6.45) is 7.41. The van der Waals surface area contributed by atoms with Crippen LogP contribution < -0.4 is 5.32 Å². The first kappa shape index (κ1) is 15.8. The predicted octanol–water partition coefficient (Wildman–Crippen LogP) is 2.30. The fourth-order valence-corrected chi connectivity index (χ4v) is 3.21. The van der Waals surface area contributed by atoms with Gasteiger partial charge in [0.05, 0.1) is 29.2 Å². The standard InChI is InChI=1S/C18H21N5O2/c24-18(12-22-13-19-16-3-1-2-4-17(16)22)21-15-9-20-23(11-15)10-14-5-7-25-8-6-14/h1-4,9,11,13-14H,5-8,10,12H2,(H,21,24). The number of amides is 1. The summed E-state index contributed by atoms with van der Waals surface area (Å²) in [5.41, 5.74) is 2.56. The summed E-state index contributed by atoms with van der Waals surface area (Å²) in [6.45, 7) is 2.75. The van der Waals surface area contributed by atoms with Crippen LogP contribution in [-0.4, -0.2) is 38.5 Å². The fourth-order valence-electron chi connectivity index (χ4n) is 3.21. The molecule has 7 heteroatoms. The Morgan fingerprint density at radius 3 is 3.00 bits per heavy atom. The maximum atomic E-state index is 12.3. The van der Waals surface area contributed by atoms with Crippen LogP contribution in [0, 0.1) is 5.92 Å². The second-order valence-corrected chi connectivity index (χ2v) is 6.42. The maximum absolute atomic E-state index is 12.3. The maximum Gasteiger partial charge on any atom is 0.244 e. The number of rotatable bonds is 5. The van der Waals surface area contributed by atoms with Crippen LogP contribution in [0.5, 0.6) is 0 Å². The minimum atomic E-state index is -0.0891. The van der Waals surface area contributed by atoms with Gasteiger partial charge in [0.15, 0.2) is 0 Å². The van der Waals surface area contributed by atoms with E-state index in [-0.39, 0.29) is 12.5 Å². The molecule has 4 rings (SSSR count). The van der Waals surface area contributed by atoms with Gasteiger partial charge >= 0.3 is 0 Å². The molecular formula is C18H21N5O2. The second-order valence-electron chi connectivity index (χ2n) is 6.42. The molecule has 1 aromatic carbocycles. The third kappa shape index (κ3) is 3.71. The quantitative estimate of drug-likeness (QED) is 0.774. The van der Waals surface area contributed by atoms with Crippen LogP contribution in [0.2, 0.25) is 0 Å². The lowest BCUT2D eigenvalue weighted by Crippen LogP contribution is -2.20. The number of carbonyl (C=O) groups is 1. The average Bonchev–Trinajstić information content (AvgIpc) is 3.23. The zero-order valence-corrected chi connectivity index (χ0v) is 14.0. The highest BCUT2D eigenvalue weighted by molar-refractivity contribution is 5.91. The summed E-state index contributed by atoms with van der Waals surface area (Å²) in [6, 6.07) is 7.77. The predicted molar refractivity (Wildman–Crippen MR) is 94.1 cm³/mol. The number of benzene rings is 1. The smallest absolute Gasteiger partial charge is 0.244 e. The highest BCUT2D eigenvalue weighted by atomic mass is 16.5. The number of para-hydroxylation sites is 2. The Hall–Kier alpha value is -2.67. The molecule has 1 aliphatic rings.